The minimum Gasteiger partial charge on any atom is -0.481 e. The summed E-state index contributed by atoms with van der Waals surface area (Å²) in [5.41, 5.74) is 0. The van der Waals surface area contributed by atoms with Gasteiger partial charge in [-0.15, -0.1) is 0 Å². The summed E-state index contributed by atoms with van der Waals surface area (Å²) in [5, 5.41) is 13.5. The van der Waals surface area contributed by atoms with Crippen molar-refractivity contribution in [2.45, 2.75) is 57.9 Å². The summed E-state index contributed by atoms with van der Waals surface area (Å²) in [6.45, 7) is 4.59. The van der Waals surface area contributed by atoms with E-state index >= 15 is 0 Å². The summed E-state index contributed by atoms with van der Waals surface area (Å²) in [6.07, 6.45) is 7.30. The van der Waals surface area contributed by atoms with Crippen LogP contribution in [0.25, 0.3) is 0 Å². The van der Waals surface area contributed by atoms with E-state index in [4.69, 9.17) is 4.52 Å². The van der Waals surface area contributed by atoms with Crippen LogP contribution < -0.4 is 0 Å². The van der Waals surface area contributed by atoms with E-state index in [0.29, 0.717) is 31.1 Å². The van der Waals surface area contributed by atoms with Crippen molar-refractivity contribution in [3.05, 3.63) is 23.9 Å². The first kappa shape index (κ1) is 17.6. The standard InChI is InChI=1S/C18H25N3O4/c1-11(2)15-19-16(25-20-15)14-9-5-6-10-21(14)17(22)12-7-3-4-8-13(12)18(23)24/h3-4,11-14H,5-10H2,1-2H3,(H,23,24)/t12-,13+,14-/m0/s1. The van der Waals surface area contributed by atoms with E-state index in [-0.39, 0.29) is 17.9 Å². The lowest BCUT2D eigenvalue weighted by molar-refractivity contribution is -0.152. The van der Waals surface area contributed by atoms with Crippen LogP contribution in [-0.2, 0) is 9.59 Å². The van der Waals surface area contributed by atoms with E-state index in [2.05, 4.69) is 10.1 Å². The van der Waals surface area contributed by atoms with Crippen molar-refractivity contribution in [2.24, 2.45) is 11.8 Å². The van der Waals surface area contributed by atoms with Crippen LogP contribution in [-0.4, -0.2) is 38.6 Å². The quantitative estimate of drug-likeness (QED) is 0.841. The molecule has 1 aliphatic heterocycles. The fraction of sp³-hybridized carbons (Fsp3) is 0.667. The molecule has 7 heteroatoms. The molecule has 1 fully saturated rings. The van der Waals surface area contributed by atoms with Gasteiger partial charge < -0.3 is 14.5 Å². The molecule has 1 saturated heterocycles. The maximum atomic E-state index is 13.1. The second-order valence-electron chi connectivity index (χ2n) is 7.18. The van der Waals surface area contributed by atoms with Gasteiger partial charge in [-0.1, -0.05) is 31.2 Å². The molecule has 0 spiro atoms. The number of piperidine rings is 1. The average molecular weight is 347 g/mol. The van der Waals surface area contributed by atoms with Gasteiger partial charge in [0, 0.05) is 12.5 Å². The molecule has 1 aliphatic carbocycles. The lowest BCUT2D eigenvalue weighted by atomic mass is 9.81. The van der Waals surface area contributed by atoms with Gasteiger partial charge in [-0.05, 0) is 32.1 Å². The fourth-order valence-corrected chi connectivity index (χ4v) is 3.64. The van der Waals surface area contributed by atoms with Crippen molar-refractivity contribution in [1.82, 2.24) is 15.0 Å². The second-order valence-corrected chi connectivity index (χ2v) is 7.18. The molecular formula is C18H25N3O4. The van der Waals surface area contributed by atoms with Crippen LogP contribution in [0.15, 0.2) is 16.7 Å². The van der Waals surface area contributed by atoms with Crippen LogP contribution in [0.4, 0.5) is 0 Å². The second kappa shape index (κ2) is 7.37. The highest BCUT2D eigenvalue weighted by atomic mass is 16.5. The van der Waals surface area contributed by atoms with Crippen LogP contribution in [0, 0.1) is 11.8 Å². The maximum absolute atomic E-state index is 13.1. The van der Waals surface area contributed by atoms with Gasteiger partial charge in [0.2, 0.25) is 11.8 Å². The Morgan fingerprint density at radius 3 is 2.60 bits per heavy atom. The first-order valence-corrected chi connectivity index (χ1v) is 9.00. The number of allylic oxidation sites excluding steroid dienone is 2. The lowest BCUT2D eigenvalue weighted by Crippen LogP contribution is -2.45. The predicted octanol–water partition coefficient (Wildman–Crippen LogP) is 2.91. The Hall–Kier alpha value is -2.18. The molecule has 136 valence electrons. The van der Waals surface area contributed by atoms with Crippen LogP contribution in [0.2, 0.25) is 0 Å². The Balaban J connectivity index is 1.83. The molecule has 0 bridgehead atoms. The third-order valence-corrected chi connectivity index (χ3v) is 5.11. The number of aromatic nitrogens is 2. The Morgan fingerprint density at radius 1 is 1.24 bits per heavy atom. The molecule has 2 heterocycles. The molecule has 1 aromatic rings. The number of rotatable bonds is 4. The lowest BCUT2D eigenvalue weighted by Gasteiger charge is -2.37. The van der Waals surface area contributed by atoms with E-state index < -0.39 is 17.8 Å². The van der Waals surface area contributed by atoms with Gasteiger partial charge in [-0.25, -0.2) is 0 Å². The zero-order chi connectivity index (χ0) is 18.0. The maximum Gasteiger partial charge on any atom is 0.307 e. The molecule has 3 atom stereocenters. The summed E-state index contributed by atoms with van der Waals surface area (Å²) in [4.78, 5) is 30.9. The summed E-state index contributed by atoms with van der Waals surface area (Å²) < 4.78 is 5.42. The number of carboxylic acid groups (broad SMARTS) is 1. The molecule has 0 unspecified atom stereocenters. The van der Waals surface area contributed by atoms with Crippen molar-refractivity contribution in [3.63, 3.8) is 0 Å². The topological polar surface area (TPSA) is 96.5 Å². The summed E-state index contributed by atoms with van der Waals surface area (Å²) in [7, 11) is 0. The van der Waals surface area contributed by atoms with Crippen LogP contribution in [0.5, 0.6) is 0 Å². The van der Waals surface area contributed by atoms with E-state index in [1.165, 1.54) is 0 Å². The third kappa shape index (κ3) is 3.60. The number of nitrogens with zero attached hydrogens (tertiary/aromatic N) is 3. The number of aliphatic carboxylic acids is 1. The highest BCUT2D eigenvalue weighted by molar-refractivity contribution is 5.85. The van der Waals surface area contributed by atoms with E-state index in [1.54, 1.807) is 4.90 Å². The molecule has 1 N–H and O–H groups in total. The van der Waals surface area contributed by atoms with Crippen molar-refractivity contribution >= 4 is 11.9 Å². The Labute approximate surface area is 147 Å². The number of hydrogen-bond acceptors (Lipinski definition) is 5. The molecule has 1 aromatic heterocycles. The molecule has 3 rings (SSSR count). The Morgan fingerprint density at radius 2 is 1.96 bits per heavy atom. The van der Waals surface area contributed by atoms with Gasteiger partial charge in [0.1, 0.15) is 6.04 Å². The highest BCUT2D eigenvalue weighted by Crippen LogP contribution is 2.35. The van der Waals surface area contributed by atoms with Gasteiger partial charge in [0.25, 0.3) is 0 Å². The molecule has 0 aromatic carbocycles. The normalized spacial score (nSPS) is 26.8. The molecular weight excluding hydrogens is 322 g/mol. The summed E-state index contributed by atoms with van der Waals surface area (Å²) in [6, 6.07) is -0.249. The van der Waals surface area contributed by atoms with Crippen LogP contribution in [0.3, 0.4) is 0 Å². The number of hydrogen-bond donors (Lipinski definition) is 1. The first-order valence-electron chi connectivity index (χ1n) is 9.00. The average Bonchev–Trinajstić information content (AvgIpc) is 3.11. The molecule has 0 saturated carbocycles. The number of carboxylic acids is 1. The molecule has 2 aliphatic rings. The summed E-state index contributed by atoms with van der Waals surface area (Å²) >= 11 is 0. The monoisotopic (exact) mass is 347 g/mol. The highest BCUT2D eigenvalue weighted by Gasteiger charge is 2.40. The number of amides is 1. The number of carbonyl (C=O) groups excluding carboxylic acids is 1. The van der Waals surface area contributed by atoms with E-state index in [0.717, 1.165) is 19.3 Å². The molecule has 0 radical (unpaired) electrons. The molecule has 25 heavy (non-hydrogen) atoms. The van der Waals surface area contributed by atoms with Crippen molar-refractivity contribution in [2.75, 3.05) is 6.54 Å². The van der Waals surface area contributed by atoms with Gasteiger partial charge in [0.05, 0.1) is 11.8 Å². The van der Waals surface area contributed by atoms with E-state index in [1.807, 2.05) is 26.0 Å². The smallest absolute Gasteiger partial charge is 0.307 e. The van der Waals surface area contributed by atoms with Crippen molar-refractivity contribution in [1.29, 1.82) is 0 Å². The zero-order valence-corrected chi connectivity index (χ0v) is 14.7. The molecule has 7 nitrogen and oxygen atoms in total. The first-order chi connectivity index (χ1) is 12.0. The zero-order valence-electron chi connectivity index (χ0n) is 14.7. The minimum absolute atomic E-state index is 0.106. The van der Waals surface area contributed by atoms with Crippen molar-refractivity contribution in [3.8, 4) is 0 Å². The van der Waals surface area contributed by atoms with Crippen molar-refractivity contribution < 1.29 is 19.2 Å². The number of likely N-dealkylation sites (tertiary alicyclic amines) is 1. The van der Waals surface area contributed by atoms with Crippen LogP contribution in [0.1, 0.15) is 69.6 Å². The van der Waals surface area contributed by atoms with Crippen LogP contribution >= 0.6 is 0 Å². The number of carbonyl (C=O) groups is 2. The Kier molecular flexibility index (Phi) is 5.20. The molecule has 1 amide bonds. The van der Waals surface area contributed by atoms with Gasteiger partial charge in [-0.3, -0.25) is 9.59 Å². The van der Waals surface area contributed by atoms with E-state index in [9.17, 15) is 14.7 Å². The summed E-state index contributed by atoms with van der Waals surface area (Å²) in [5.74, 6) is -0.927. The SMILES string of the molecule is CC(C)c1noc([C@@H]2CCCCN2C(=O)[C@H]2CC=CC[C@H]2C(=O)O)n1. The largest absolute Gasteiger partial charge is 0.481 e. The predicted molar refractivity (Wildman–Crippen MR) is 89.7 cm³/mol. The fourth-order valence-electron chi connectivity index (χ4n) is 3.64. The third-order valence-electron chi connectivity index (χ3n) is 5.11. The van der Waals surface area contributed by atoms with Gasteiger partial charge in [0.15, 0.2) is 5.82 Å². The Bertz CT molecular complexity index is 667. The minimum atomic E-state index is -0.906. The van der Waals surface area contributed by atoms with Gasteiger partial charge in [-0.2, -0.15) is 4.98 Å². The van der Waals surface area contributed by atoms with Gasteiger partial charge >= 0.3 is 5.97 Å².